The summed E-state index contributed by atoms with van der Waals surface area (Å²) in [6, 6.07) is 15.9. The second-order valence-electron chi connectivity index (χ2n) is 15.3. The van der Waals surface area contributed by atoms with E-state index in [-0.39, 0.29) is 63.9 Å². The summed E-state index contributed by atoms with van der Waals surface area (Å²) < 4.78 is 148. The first kappa shape index (κ1) is 48.2. The number of sulfonamides is 1. The number of pyridine rings is 3. The largest absolute Gasteiger partial charge is 0.493 e. The van der Waals surface area contributed by atoms with Crippen molar-refractivity contribution < 1.29 is 67.7 Å². The molecule has 0 unspecified atom stereocenters. The van der Waals surface area contributed by atoms with Crippen molar-refractivity contribution in [3.8, 4) is 34.0 Å². The van der Waals surface area contributed by atoms with Crippen LogP contribution in [0.15, 0.2) is 96.3 Å². The minimum absolute atomic E-state index is 0.0498. The van der Waals surface area contributed by atoms with Gasteiger partial charge in [0, 0.05) is 35.7 Å². The van der Waals surface area contributed by atoms with E-state index in [0.717, 1.165) is 45.2 Å². The third kappa shape index (κ3) is 11.1. The molecule has 0 saturated carbocycles. The Morgan fingerprint density at radius 3 is 1.58 bits per heavy atom. The molecule has 348 valence electrons. The molecule has 0 aliphatic heterocycles. The molecule has 7 aromatic rings. The minimum Gasteiger partial charge on any atom is -0.493 e. The number of carbonyl (C=O) groups excluding carboxylic acids is 1. The number of hydrogen-bond donors (Lipinski definition) is 3. The van der Waals surface area contributed by atoms with E-state index in [2.05, 4.69) is 15.0 Å². The number of hydrogen-bond acceptors (Lipinski definition) is 10. The van der Waals surface area contributed by atoms with Crippen LogP contribution in [0.25, 0.3) is 33.8 Å². The Morgan fingerprint density at radius 1 is 0.697 bits per heavy atom. The zero-order valence-corrected chi connectivity index (χ0v) is 35.7. The molecule has 2 aromatic carbocycles. The monoisotopic (exact) mass is 947 g/mol. The maximum Gasteiger partial charge on any atom is 0.434 e. The van der Waals surface area contributed by atoms with E-state index in [0.29, 0.717) is 19.0 Å². The fraction of sp³-hybridized carbons (Fsp3) is 0.233. The fourth-order valence-electron chi connectivity index (χ4n) is 6.15. The van der Waals surface area contributed by atoms with Gasteiger partial charge in [0.2, 0.25) is 0 Å². The van der Waals surface area contributed by atoms with Crippen molar-refractivity contribution in [2.24, 2.45) is 11.8 Å². The molecule has 1 amide bonds. The summed E-state index contributed by atoms with van der Waals surface area (Å²) in [7, 11) is -4.52. The van der Waals surface area contributed by atoms with Gasteiger partial charge in [-0.05, 0) is 72.5 Å². The van der Waals surface area contributed by atoms with Gasteiger partial charge in [-0.15, -0.1) is 0 Å². The van der Waals surface area contributed by atoms with E-state index in [9.17, 15) is 58.2 Å². The normalized spacial score (nSPS) is 12.1. The highest BCUT2D eigenvalue weighted by molar-refractivity contribution is 7.90. The number of rotatable bonds is 12. The standard InChI is InChI=1S/C24H21F4N5O4S.C19H16F4N2O3/c1-13(2)12-37-16-9-14(8-15(25)10-16)18-7-6-17(22-30-19(11-33(18)22)24(26,27)28)23(34)32-38(35,36)21-5-3-4-20(29)31-21;1-10(2)9-28-13-6-11(5-12(20)7-13)15-4-3-14(18(26)27)17-24-16(8-25(15)17)19(21,22)23/h3-11,13H,12H2,1-2H3,(H2,29,31)(H,32,34);3-8,10H,9H2,1-2H3,(H,26,27). The summed E-state index contributed by atoms with van der Waals surface area (Å²) in [5.41, 5.74) is 1.72. The second-order valence-corrected chi connectivity index (χ2v) is 16.9. The first-order valence-electron chi connectivity index (χ1n) is 19.4. The van der Waals surface area contributed by atoms with Crippen LogP contribution in [0.4, 0.5) is 40.9 Å². The van der Waals surface area contributed by atoms with Gasteiger partial charge in [0.15, 0.2) is 27.7 Å². The van der Waals surface area contributed by atoms with Crippen LogP contribution in [0.1, 0.15) is 59.8 Å². The fourth-order valence-corrected chi connectivity index (χ4v) is 7.10. The number of carbonyl (C=O) groups is 2. The molecule has 0 aliphatic rings. The number of nitrogens with zero attached hydrogens (tertiary/aromatic N) is 5. The maximum absolute atomic E-state index is 14.4. The molecule has 0 radical (unpaired) electrons. The van der Waals surface area contributed by atoms with E-state index in [1.54, 1.807) is 4.72 Å². The molecule has 0 fully saturated rings. The van der Waals surface area contributed by atoms with Crippen molar-refractivity contribution in [3.05, 3.63) is 125 Å². The lowest BCUT2D eigenvalue weighted by molar-refractivity contribution is -0.141. The molecular weight excluding hydrogens is 911 g/mol. The number of carboxylic acids is 1. The number of anilines is 1. The third-order valence-corrected chi connectivity index (χ3v) is 10.3. The van der Waals surface area contributed by atoms with Gasteiger partial charge in [-0.3, -0.25) is 13.6 Å². The molecule has 7 rings (SSSR count). The number of aromatic carboxylic acids is 1. The van der Waals surface area contributed by atoms with E-state index in [4.69, 9.17) is 15.2 Å². The summed E-state index contributed by atoms with van der Waals surface area (Å²) in [5, 5.41) is 8.69. The molecule has 0 spiro atoms. The number of amides is 1. The summed E-state index contributed by atoms with van der Waals surface area (Å²) in [5.74, 6) is -3.44. The van der Waals surface area contributed by atoms with Crippen molar-refractivity contribution in [2.45, 2.75) is 45.1 Å². The molecular formula is C43H37F8N7O7S. The van der Waals surface area contributed by atoms with Gasteiger partial charge in [0.05, 0.1) is 30.2 Å². The summed E-state index contributed by atoms with van der Waals surface area (Å²) in [4.78, 5) is 34.9. The van der Waals surface area contributed by atoms with E-state index in [1.165, 1.54) is 42.5 Å². The zero-order valence-electron chi connectivity index (χ0n) is 34.9. The van der Waals surface area contributed by atoms with E-state index < -0.39 is 79.1 Å². The lowest BCUT2D eigenvalue weighted by Gasteiger charge is -2.13. The third-order valence-electron chi connectivity index (χ3n) is 9.03. The molecule has 0 bridgehead atoms. The smallest absolute Gasteiger partial charge is 0.434 e. The molecule has 4 N–H and O–H groups in total. The van der Waals surface area contributed by atoms with E-state index >= 15 is 0 Å². The quantitative estimate of drug-likeness (QED) is 0.0990. The summed E-state index contributed by atoms with van der Waals surface area (Å²) >= 11 is 0. The number of nitrogens with two attached hydrogens (primary N) is 1. The highest BCUT2D eigenvalue weighted by atomic mass is 32.2. The predicted octanol–water partition coefficient (Wildman–Crippen LogP) is 9.18. The molecule has 0 aliphatic carbocycles. The van der Waals surface area contributed by atoms with Gasteiger partial charge in [0.1, 0.15) is 34.5 Å². The number of nitrogen functional groups attached to an aromatic ring is 1. The lowest BCUT2D eigenvalue weighted by Crippen LogP contribution is -2.31. The number of benzene rings is 2. The zero-order chi connectivity index (χ0) is 48.5. The van der Waals surface area contributed by atoms with Gasteiger partial charge in [-0.1, -0.05) is 33.8 Å². The number of aromatic nitrogens is 5. The van der Waals surface area contributed by atoms with Gasteiger partial charge >= 0.3 is 18.3 Å². The number of carboxylic acid groups (broad SMARTS) is 1. The first-order chi connectivity index (χ1) is 30.8. The van der Waals surface area contributed by atoms with Crippen molar-refractivity contribution >= 4 is 39.0 Å². The van der Waals surface area contributed by atoms with Gasteiger partial charge in [0.25, 0.3) is 15.9 Å². The number of ether oxygens (including phenoxy) is 2. The number of halogens is 8. The Hall–Kier alpha value is -7.30. The molecule has 14 nitrogen and oxygen atoms in total. The Balaban J connectivity index is 0.000000229. The van der Waals surface area contributed by atoms with E-state index in [1.807, 2.05) is 27.7 Å². The topological polar surface area (TPSA) is 193 Å². The van der Waals surface area contributed by atoms with Crippen LogP contribution in [-0.4, -0.2) is 62.4 Å². The van der Waals surface area contributed by atoms with Crippen molar-refractivity contribution in [2.75, 3.05) is 18.9 Å². The molecule has 66 heavy (non-hydrogen) atoms. The Morgan fingerprint density at radius 2 is 1.15 bits per heavy atom. The van der Waals surface area contributed by atoms with Crippen LogP contribution in [0, 0.1) is 23.5 Å². The number of alkyl halides is 6. The van der Waals surface area contributed by atoms with Crippen molar-refractivity contribution in [3.63, 3.8) is 0 Å². The Labute approximate surface area is 369 Å². The average molecular weight is 948 g/mol. The number of imidazole rings is 2. The highest BCUT2D eigenvalue weighted by Gasteiger charge is 2.36. The van der Waals surface area contributed by atoms with Crippen LogP contribution in [0.3, 0.4) is 0 Å². The minimum atomic E-state index is -4.89. The van der Waals surface area contributed by atoms with Crippen LogP contribution in [-0.2, 0) is 22.4 Å². The summed E-state index contributed by atoms with van der Waals surface area (Å²) in [6.07, 6.45) is -8.32. The average Bonchev–Trinajstić information content (AvgIpc) is 3.88. The van der Waals surface area contributed by atoms with Crippen LogP contribution in [0.5, 0.6) is 11.5 Å². The Kier molecular flexibility index (Phi) is 13.6. The number of nitrogens with one attached hydrogen (secondary N) is 1. The van der Waals surface area contributed by atoms with Gasteiger partial charge in [-0.2, -0.15) is 34.8 Å². The molecule has 0 atom stereocenters. The van der Waals surface area contributed by atoms with Crippen LogP contribution >= 0.6 is 0 Å². The molecule has 23 heteroatoms. The lowest BCUT2D eigenvalue weighted by atomic mass is 10.1. The molecule has 5 heterocycles. The van der Waals surface area contributed by atoms with Crippen molar-refractivity contribution in [1.29, 1.82) is 0 Å². The van der Waals surface area contributed by atoms with Crippen LogP contribution < -0.4 is 19.9 Å². The maximum atomic E-state index is 14.4. The SMILES string of the molecule is CC(C)COc1cc(F)cc(-c2ccc(C(=O)NS(=O)(=O)c3cccc(N)n3)c3nc(C(F)(F)F)cn23)c1.CC(C)COc1cc(F)cc(-c2ccc(C(=O)O)c3nc(C(F)(F)F)cn23)c1. The number of fused-ring (bicyclic) bond motifs is 2. The first-order valence-corrected chi connectivity index (χ1v) is 20.9. The Bertz CT molecular complexity index is 3080. The molecule has 5 aromatic heterocycles. The predicted molar refractivity (Wildman–Crippen MR) is 222 cm³/mol. The molecule has 0 saturated heterocycles. The van der Waals surface area contributed by atoms with Crippen molar-refractivity contribution in [1.82, 2.24) is 28.5 Å². The highest BCUT2D eigenvalue weighted by Crippen LogP contribution is 2.35. The van der Waals surface area contributed by atoms with Gasteiger partial charge < -0.3 is 20.3 Å². The summed E-state index contributed by atoms with van der Waals surface area (Å²) in [6.45, 7) is 8.22. The van der Waals surface area contributed by atoms with Gasteiger partial charge in [-0.25, -0.2) is 33.2 Å². The van der Waals surface area contributed by atoms with Crippen LogP contribution in [0.2, 0.25) is 0 Å². The second kappa shape index (κ2) is 18.7.